The van der Waals surface area contributed by atoms with Crippen LogP contribution in [0.4, 0.5) is 8.78 Å². The highest BCUT2D eigenvalue weighted by atomic mass is 19.1. The summed E-state index contributed by atoms with van der Waals surface area (Å²) in [6, 6.07) is 4.34. The first kappa shape index (κ1) is 13.5. The van der Waals surface area contributed by atoms with Crippen LogP contribution in [0.3, 0.4) is 0 Å². The van der Waals surface area contributed by atoms with E-state index in [1.807, 2.05) is 0 Å². The average molecular weight is 280 g/mol. The molecule has 5 heteroatoms. The molecule has 2 fully saturated rings. The molecule has 2 saturated heterocycles. The third-order valence-electron chi connectivity index (χ3n) is 4.80. The Balaban J connectivity index is 1.88. The zero-order valence-corrected chi connectivity index (χ0v) is 11.4. The lowest BCUT2D eigenvalue weighted by Gasteiger charge is -2.36. The van der Waals surface area contributed by atoms with Gasteiger partial charge in [-0.1, -0.05) is 5.16 Å². The van der Waals surface area contributed by atoms with Gasteiger partial charge in [0.2, 0.25) is 0 Å². The first-order chi connectivity index (χ1) is 9.60. The Bertz CT molecular complexity index is 533. The monoisotopic (exact) mass is 280 g/mol. The largest absolute Gasteiger partial charge is 0.411 e. The van der Waals surface area contributed by atoms with Gasteiger partial charge in [0, 0.05) is 29.6 Å². The number of nitrogens with zero attached hydrogens (tertiary/aromatic N) is 2. The first-order valence-corrected chi connectivity index (χ1v) is 6.99. The summed E-state index contributed by atoms with van der Waals surface area (Å²) in [5.74, 6) is -1.25. The summed E-state index contributed by atoms with van der Waals surface area (Å²) in [5.41, 5.74) is 0.565. The maximum absolute atomic E-state index is 13.9. The molecule has 1 N–H and O–H groups in total. The minimum atomic E-state index is -0.663. The summed E-state index contributed by atoms with van der Waals surface area (Å²) < 4.78 is 26.9. The van der Waals surface area contributed by atoms with Crippen molar-refractivity contribution in [2.24, 2.45) is 11.1 Å². The van der Waals surface area contributed by atoms with E-state index < -0.39 is 11.6 Å². The standard InChI is InChI=1S/C15H18F2N2O/c1-19-11-3-4-12(19)7-9(6-11)15(18-20)13-5-2-10(16)8-14(13)17/h2,5,8-9,11-12,20H,3-4,6-7H2,1H3. The van der Waals surface area contributed by atoms with Crippen molar-refractivity contribution in [3.8, 4) is 0 Å². The molecular formula is C15H18F2N2O. The summed E-state index contributed by atoms with van der Waals surface area (Å²) in [6.45, 7) is 0. The topological polar surface area (TPSA) is 35.8 Å². The number of rotatable bonds is 2. The van der Waals surface area contributed by atoms with Gasteiger partial charge in [0.25, 0.3) is 0 Å². The van der Waals surface area contributed by atoms with Gasteiger partial charge in [-0.25, -0.2) is 8.78 Å². The molecule has 0 aliphatic carbocycles. The second kappa shape index (κ2) is 5.13. The molecule has 0 aromatic heterocycles. The summed E-state index contributed by atoms with van der Waals surface area (Å²) in [6.07, 6.45) is 4.01. The van der Waals surface area contributed by atoms with Gasteiger partial charge >= 0.3 is 0 Å². The number of benzene rings is 1. The van der Waals surface area contributed by atoms with Crippen LogP contribution in [0.2, 0.25) is 0 Å². The van der Waals surface area contributed by atoms with Gasteiger partial charge in [0.1, 0.15) is 11.6 Å². The van der Waals surface area contributed by atoms with Crippen LogP contribution in [0.15, 0.2) is 23.4 Å². The van der Waals surface area contributed by atoms with Gasteiger partial charge < -0.3 is 10.1 Å². The Hall–Kier alpha value is -1.49. The molecule has 1 aromatic rings. The second-order valence-electron chi connectivity index (χ2n) is 5.83. The fraction of sp³-hybridized carbons (Fsp3) is 0.533. The molecular weight excluding hydrogens is 262 g/mol. The van der Waals surface area contributed by atoms with Crippen molar-refractivity contribution in [1.29, 1.82) is 0 Å². The maximum atomic E-state index is 13.9. The van der Waals surface area contributed by atoms with E-state index in [1.165, 1.54) is 12.1 Å². The number of hydrogen-bond donors (Lipinski definition) is 1. The highest BCUT2D eigenvalue weighted by Gasteiger charge is 2.40. The van der Waals surface area contributed by atoms with Crippen molar-refractivity contribution >= 4 is 5.71 Å². The molecule has 2 aliphatic rings. The Labute approximate surface area is 116 Å². The van der Waals surface area contributed by atoms with E-state index in [1.54, 1.807) is 0 Å². The fourth-order valence-corrected chi connectivity index (χ4v) is 3.69. The van der Waals surface area contributed by atoms with Crippen LogP contribution in [0.5, 0.6) is 0 Å². The Morgan fingerprint density at radius 1 is 1.25 bits per heavy atom. The quantitative estimate of drug-likeness (QED) is 0.513. The molecule has 0 amide bonds. The first-order valence-electron chi connectivity index (χ1n) is 6.99. The number of fused-ring (bicyclic) bond motifs is 2. The molecule has 3 rings (SSSR count). The van der Waals surface area contributed by atoms with Crippen molar-refractivity contribution in [3.05, 3.63) is 35.4 Å². The highest BCUT2D eigenvalue weighted by Crippen LogP contribution is 2.39. The molecule has 0 saturated carbocycles. The van der Waals surface area contributed by atoms with Crippen molar-refractivity contribution in [2.45, 2.75) is 37.8 Å². The number of hydrogen-bond acceptors (Lipinski definition) is 3. The molecule has 108 valence electrons. The van der Waals surface area contributed by atoms with Crippen molar-refractivity contribution < 1.29 is 14.0 Å². The van der Waals surface area contributed by atoms with Gasteiger partial charge in [-0.3, -0.25) is 0 Å². The zero-order valence-electron chi connectivity index (χ0n) is 11.4. The lowest BCUT2D eigenvalue weighted by Crippen LogP contribution is -2.42. The van der Waals surface area contributed by atoms with Crippen LogP contribution in [-0.4, -0.2) is 35.0 Å². The summed E-state index contributed by atoms with van der Waals surface area (Å²) in [4.78, 5) is 2.37. The van der Waals surface area contributed by atoms with E-state index in [2.05, 4.69) is 17.1 Å². The minimum absolute atomic E-state index is 0.0358. The minimum Gasteiger partial charge on any atom is -0.411 e. The number of piperidine rings is 1. The smallest absolute Gasteiger partial charge is 0.135 e. The van der Waals surface area contributed by atoms with E-state index in [0.717, 1.165) is 31.7 Å². The van der Waals surface area contributed by atoms with Crippen molar-refractivity contribution in [3.63, 3.8) is 0 Å². The number of oxime groups is 1. The molecule has 2 aliphatic heterocycles. The lowest BCUT2D eigenvalue weighted by atomic mass is 9.84. The van der Waals surface area contributed by atoms with Gasteiger partial charge in [-0.05, 0) is 44.9 Å². The van der Waals surface area contributed by atoms with Crippen molar-refractivity contribution in [1.82, 2.24) is 4.90 Å². The average Bonchev–Trinajstić information content (AvgIpc) is 2.64. The normalized spacial score (nSPS) is 30.8. The molecule has 20 heavy (non-hydrogen) atoms. The van der Waals surface area contributed by atoms with E-state index in [0.29, 0.717) is 17.8 Å². The Morgan fingerprint density at radius 2 is 1.90 bits per heavy atom. The van der Waals surface area contributed by atoms with Gasteiger partial charge in [-0.15, -0.1) is 0 Å². The third kappa shape index (κ3) is 2.20. The highest BCUT2D eigenvalue weighted by molar-refractivity contribution is 6.02. The van der Waals surface area contributed by atoms with Crippen LogP contribution >= 0.6 is 0 Å². The van der Waals surface area contributed by atoms with Crippen LogP contribution in [0, 0.1) is 17.6 Å². The van der Waals surface area contributed by atoms with E-state index in [9.17, 15) is 14.0 Å². The van der Waals surface area contributed by atoms with Crippen LogP contribution in [-0.2, 0) is 0 Å². The van der Waals surface area contributed by atoms with E-state index in [-0.39, 0.29) is 11.5 Å². The van der Waals surface area contributed by atoms with Crippen molar-refractivity contribution in [2.75, 3.05) is 7.05 Å². The second-order valence-corrected chi connectivity index (χ2v) is 5.83. The molecule has 2 heterocycles. The molecule has 0 spiro atoms. The van der Waals surface area contributed by atoms with Crippen LogP contribution in [0.25, 0.3) is 0 Å². The third-order valence-corrected chi connectivity index (χ3v) is 4.80. The Kier molecular flexibility index (Phi) is 3.46. The number of halogens is 2. The van der Waals surface area contributed by atoms with Crippen LogP contribution in [0.1, 0.15) is 31.2 Å². The van der Waals surface area contributed by atoms with Gasteiger partial charge in [0.05, 0.1) is 5.71 Å². The molecule has 3 nitrogen and oxygen atoms in total. The fourth-order valence-electron chi connectivity index (χ4n) is 3.69. The van der Waals surface area contributed by atoms with E-state index >= 15 is 0 Å². The summed E-state index contributed by atoms with van der Waals surface area (Å²) in [7, 11) is 2.12. The van der Waals surface area contributed by atoms with Gasteiger partial charge in [-0.2, -0.15) is 0 Å². The maximum Gasteiger partial charge on any atom is 0.135 e. The SMILES string of the molecule is CN1C2CCC1CC(C(=NO)c1ccc(F)cc1F)C2. The molecule has 2 atom stereocenters. The Morgan fingerprint density at radius 3 is 2.45 bits per heavy atom. The summed E-state index contributed by atoms with van der Waals surface area (Å²) >= 11 is 0. The summed E-state index contributed by atoms with van der Waals surface area (Å²) in [5, 5.41) is 12.6. The predicted molar refractivity (Wildman–Crippen MR) is 72.0 cm³/mol. The molecule has 2 bridgehead atoms. The predicted octanol–water partition coefficient (Wildman–Crippen LogP) is 3.02. The molecule has 2 unspecified atom stereocenters. The molecule has 1 aromatic carbocycles. The zero-order chi connectivity index (χ0) is 14.3. The lowest BCUT2D eigenvalue weighted by molar-refractivity contribution is 0.156. The van der Waals surface area contributed by atoms with Crippen LogP contribution < -0.4 is 0 Å². The van der Waals surface area contributed by atoms with E-state index in [4.69, 9.17) is 0 Å². The molecule has 0 radical (unpaired) electrons. The van der Waals surface area contributed by atoms with Gasteiger partial charge in [0.15, 0.2) is 0 Å².